The summed E-state index contributed by atoms with van der Waals surface area (Å²) in [4.78, 5) is 14.2. The summed E-state index contributed by atoms with van der Waals surface area (Å²) in [6.07, 6.45) is 2.07. The van der Waals surface area contributed by atoms with Crippen molar-refractivity contribution < 1.29 is 9.53 Å². The van der Waals surface area contributed by atoms with Gasteiger partial charge in [0.05, 0.1) is 5.69 Å². The molecule has 2 N–H and O–H groups in total. The van der Waals surface area contributed by atoms with Gasteiger partial charge in [-0.3, -0.25) is 4.79 Å². The van der Waals surface area contributed by atoms with Crippen LogP contribution in [0.2, 0.25) is 0 Å². The molecule has 1 aromatic rings. The van der Waals surface area contributed by atoms with Gasteiger partial charge in [0, 0.05) is 42.0 Å². The van der Waals surface area contributed by atoms with Crippen LogP contribution in [0.4, 0.5) is 11.4 Å². The van der Waals surface area contributed by atoms with Crippen LogP contribution in [0, 0.1) is 0 Å². The number of rotatable bonds is 3. The fourth-order valence-corrected chi connectivity index (χ4v) is 3.74. The lowest BCUT2D eigenvalue weighted by molar-refractivity contribution is -0.117. The van der Waals surface area contributed by atoms with E-state index in [1.165, 1.54) is 0 Å². The molecule has 114 valence electrons. The maximum absolute atomic E-state index is 11.9. The number of hydrogen-bond acceptors (Lipinski definition) is 4. The third kappa shape index (κ3) is 2.67. The Morgan fingerprint density at radius 3 is 2.76 bits per heavy atom. The molecule has 2 aliphatic rings. The first-order valence-corrected chi connectivity index (χ1v) is 8.03. The van der Waals surface area contributed by atoms with Crippen molar-refractivity contribution in [1.29, 1.82) is 0 Å². The summed E-state index contributed by atoms with van der Waals surface area (Å²) in [6, 6.07) is 4.31. The molecule has 0 spiro atoms. The zero-order chi connectivity index (χ0) is 15.0. The van der Waals surface area contributed by atoms with Crippen molar-refractivity contribution in [3.8, 4) is 0 Å². The Morgan fingerprint density at radius 1 is 1.38 bits per heavy atom. The van der Waals surface area contributed by atoms with Crippen molar-refractivity contribution in [3.63, 3.8) is 0 Å². The Morgan fingerprint density at radius 2 is 2.10 bits per heavy atom. The molecule has 2 aliphatic heterocycles. The second-order valence-electron chi connectivity index (χ2n) is 5.56. The lowest BCUT2D eigenvalue weighted by Crippen LogP contribution is -2.36. The minimum absolute atomic E-state index is 0.00488. The second kappa shape index (κ2) is 5.94. The van der Waals surface area contributed by atoms with Crippen LogP contribution in [0.25, 0.3) is 0 Å². The Kier molecular flexibility index (Phi) is 4.19. The van der Waals surface area contributed by atoms with Crippen LogP contribution in [0.5, 0.6) is 0 Å². The van der Waals surface area contributed by atoms with Crippen molar-refractivity contribution in [2.75, 3.05) is 37.5 Å². The van der Waals surface area contributed by atoms with Crippen molar-refractivity contribution in [1.82, 2.24) is 5.32 Å². The fourth-order valence-electron chi connectivity index (χ4n) is 3.10. The molecule has 1 saturated heterocycles. The molecule has 1 fully saturated rings. The molecule has 5 nitrogen and oxygen atoms in total. The van der Waals surface area contributed by atoms with Gasteiger partial charge in [-0.25, -0.2) is 0 Å². The standard InChI is InChI=1S/C15H20BrN3O2/c1-17-14-10-7-11(16)13(8-12(10)18-15(14)20)19(2)9-3-5-21-6-4-9/h7-9,14,17H,3-6H2,1-2H3,(H,18,20). The lowest BCUT2D eigenvalue weighted by Gasteiger charge is -2.33. The lowest BCUT2D eigenvalue weighted by atomic mass is 10.0. The highest BCUT2D eigenvalue weighted by Crippen LogP contribution is 2.39. The van der Waals surface area contributed by atoms with Gasteiger partial charge >= 0.3 is 0 Å². The highest BCUT2D eigenvalue weighted by atomic mass is 79.9. The van der Waals surface area contributed by atoms with Crippen LogP contribution < -0.4 is 15.5 Å². The number of amides is 1. The number of carbonyl (C=O) groups is 1. The van der Waals surface area contributed by atoms with Gasteiger partial charge in [-0.2, -0.15) is 0 Å². The quantitative estimate of drug-likeness (QED) is 0.875. The van der Waals surface area contributed by atoms with E-state index in [0.29, 0.717) is 6.04 Å². The van der Waals surface area contributed by atoms with Crippen LogP contribution in [-0.4, -0.2) is 39.3 Å². The number of ether oxygens (including phenoxy) is 1. The zero-order valence-electron chi connectivity index (χ0n) is 12.3. The average molecular weight is 354 g/mol. The highest BCUT2D eigenvalue weighted by molar-refractivity contribution is 9.10. The first kappa shape index (κ1) is 14.8. The maximum Gasteiger partial charge on any atom is 0.246 e. The van der Waals surface area contributed by atoms with Gasteiger partial charge in [0.25, 0.3) is 0 Å². The van der Waals surface area contributed by atoms with Gasteiger partial charge in [0.15, 0.2) is 0 Å². The van der Waals surface area contributed by atoms with Crippen molar-refractivity contribution >= 4 is 33.2 Å². The van der Waals surface area contributed by atoms with Gasteiger partial charge in [0.2, 0.25) is 5.91 Å². The SMILES string of the molecule is CNC1C(=O)Nc2cc(N(C)C3CCOCC3)c(Br)cc21. The van der Waals surface area contributed by atoms with Crippen molar-refractivity contribution in [2.45, 2.75) is 24.9 Å². The van der Waals surface area contributed by atoms with Crippen LogP contribution in [0.3, 0.4) is 0 Å². The topological polar surface area (TPSA) is 53.6 Å². The maximum atomic E-state index is 11.9. The Hall–Kier alpha value is -1.11. The predicted molar refractivity (Wildman–Crippen MR) is 86.8 cm³/mol. The smallest absolute Gasteiger partial charge is 0.246 e. The van der Waals surface area contributed by atoms with E-state index in [1.54, 1.807) is 7.05 Å². The summed E-state index contributed by atoms with van der Waals surface area (Å²) < 4.78 is 6.45. The van der Waals surface area contributed by atoms with Gasteiger partial charge in [0.1, 0.15) is 6.04 Å². The normalized spacial score (nSPS) is 22.0. The molecule has 0 saturated carbocycles. The summed E-state index contributed by atoms with van der Waals surface area (Å²) in [6.45, 7) is 1.63. The predicted octanol–water partition coefficient (Wildman–Crippen LogP) is 2.28. The molecule has 0 aliphatic carbocycles. The van der Waals surface area contributed by atoms with Gasteiger partial charge in [-0.15, -0.1) is 0 Å². The van der Waals surface area contributed by atoms with Crippen molar-refractivity contribution in [3.05, 3.63) is 22.2 Å². The van der Waals surface area contributed by atoms with E-state index in [4.69, 9.17) is 4.74 Å². The number of halogens is 1. The molecule has 3 rings (SSSR count). The molecule has 1 aromatic carbocycles. The number of nitrogens with zero attached hydrogens (tertiary/aromatic N) is 1. The van der Waals surface area contributed by atoms with Gasteiger partial charge in [-0.05, 0) is 48.0 Å². The first-order valence-electron chi connectivity index (χ1n) is 7.24. The number of benzene rings is 1. The number of nitrogens with one attached hydrogen (secondary N) is 2. The van der Waals surface area contributed by atoms with Crippen molar-refractivity contribution in [2.24, 2.45) is 0 Å². The third-order valence-corrected chi connectivity index (χ3v) is 4.99. The zero-order valence-corrected chi connectivity index (χ0v) is 13.9. The molecular weight excluding hydrogens is 334 g/mol. The fraction of sp³-hybridized carbons (Fsp3) is 0.533. The minimum atomic E-state index is -0.265. The molecular formula is C15H20BrN3O2. The molecule has 1 amide bonds. The number of likely N-dealkylation sites (N-methyl/N-ethyl adjacent to an activating group) is 1. The molecule has 0 aromatic heterocycles. The highest BCUT2D eigenvalue weighted by Gasteiger charge is 2.31. The molecule has 21 heavy (non-hydrogen) atoms. The van der Waals surface area contributed by atoms with E-state index in [0.717, 1.165) is 47.5 Å². The molecule has 0 radical (unpaired) electrons. The van der Waals surface area contributed by atoms with E-state index in [2.05, 4.69) is 44.6 Å². The summed E-state index contributed by atoms with van der Waals surface area (Å²) in [5.41, 5.74) is 3.01. The number of carbonyl (C=O) groups excluding carboxylic acids is 1. The number of fused-ring (bicyclic) bond motifs is 1. The van der Waals surface area contributed by atoms with Gasteiger partial charge < -0.3 is 20.3 Å². The molecule has 0 bridgehead atoms. The van der Waals surface area contributed by atoms with E-state index < -0.39 is 0 Å². The van der Waals surface area contributed by atoms with Crippen LogP contribution in [0.1, 0.15) is 24.4 Å². The third-order valence-electron chi connectivity index (χ3n) is 4.36. The Labute approximate surface area is 133 Å². The van der Waals surface area contributed by atoms with E-state index in [1.807, 2.05) is 6.07 Å². The first-order chi connectivity index (χ1) is 10.1. The summed E-state index contributed by atoms with van der Waals surface area (Å²) in [7, 11) is 3.91. The largest absolute Gasteiger partial charge is 0.381 e. The Bertz CT molecular complexity index is 558. The van der Waals surface area contributed by atoms with E-state index >= 15 is 0 Å². The molecule has 1 atom stereocenters. The van der Waals surface area contributed by atoms with Crippen LogP contribution in [0.15, 0.2) is 16.6 Å². The second-order valence-corrected chi connectivity index (χ2v) is 6.41. The van der Waals surface area contributed by atoms with E-state index in [-0.39, 0.29) is 11.9 Å². The average Bonchev–Trinajstić information content (AvgIpc) is 2.81. The number of anilines is 2. The summed E-state index contributed by atoms with van der Waals surface area (Å²) >= 11 is 3.65. The van der Waals surface area contributed by atoms with Crippen LogP contribution >= 0.6 is 15.9 Å². The summed E-state index contributed by atoms with van der Waals surface area (Å²) in [5, 5.41) is 6.00. The molecule has 1 unspecified atom stereocenters. The molecule has 2 heterocycles. The monoisotopic (exact) mass is 353 g/mol. The van der Waals surface area contributed by atoms with E-state index in [9.17, 15) is 4.79 Å². The Balaban J connectivity index is 1.91. The summed E-state index contributed by atoms with van der Waals surface area (Å²) in [5.74, 6) is 0.00488. The van der Waals surface area contributed by atoms with Gasteiger partial charge in [-0.1, -0.05) is 0 Å². The van der Waals surface area contributed by atoms with Crippen LogP contribution in [-0.2, 0) is 9.53 Å². The molecule has 6 heteroatoms. The number of hydrogen-bond donors (Lipinski definition) is 2. The minimum Gasteiger partial charge on any atom is -0.381 e.